The summed E-state index contributed by atoms with van der Waals surface area (Å²) in [6, 6.07) is 40.2. The van der Waals surface area contributed by atoms with Crippen LogP contribution in [0.4, 0.5) is 0 Å². The first-order valence-corrected chi connectivity index (χ1v) is 20.1. The van der Waals surface area contributed by atoms with Crippen LogP contribution >= 0.6 is 71.0 Å². The van der Waals surface area contributed by atoms with Gasteiger partial charge in [-0.3, -0.25) is 0 Å². The van der Waals surface area contributed by atoms with Gasteiger partial charge in [0, 0.05) is 56.9 Å². The van der Waals surface area contributed by atoms with Crippen molar-refractivity contribution in [2.45, 2.75) is 20.8 Å². The van der Waals surface area contributed by atoms with E-state index < -0.39 is 0 Å². The maximum absolute atomic E-state index is 6.19. The Morgan fingerprint density at radius 1 is 0.481 bits per heavy atom. The van der Waals surface area contributed by atoms with Crippen LogP contribution in [0.25, 0.3) is 76.9 Å². The lowest BCUT2D eigenvalue weighted by Gasteiger charge is -2.08. The van der Waals surface area contributed by atoms with Crippen molar-refractivity contribution in [1.29, 1.82) is 0 Å². The summed E-state index contributed by atoms with van der Waals surface area (Å²) in [5.41, 5.74) is 11.1. The fraction of sp³-hybridized carbons (Fsp3) is 0.0667. The largest absolute Gasteiger partial charge is 0.456 e. The number of hydrogen-bond donors (Lipinski definition) is 0. The number of rotatable bonds is 1. The Bertz CT molecular complexity index is 3060. The van der Waals surface area contributed by atoms with Gasteiger partial charge in [0.2, 0.25) is 0 Å². The summed E-state index contributed by atoms with van der Waals surface area (Å²) in [7, 11) is 0. The maximum Gasteiger partial charge on any atom is 0.144 e. The van der Waals surface area contributed by atoms with E-state index in [1.165, 1.54) is 27.5 Å². The van der Waals surface area contributed by atoms with E-state index in [9.17, 15) is 0 Å². The fourth-order valence-corrected chi connectivity index (χ4v) is 8.90. The molecule has 0 aliphatic heterocycles. The molecule has 0 unspecified atom stereocenters. The Kier molecular flexibility index (Phi) is 10.3. The molecular formula is C45H29Br3Cl2N2O2. The number of furan rings is 2. The zero-order chi connectivity index (χ0) is 37.7. The highest BCUT2D eigenvalue weighted by molar-refractivity contribution is 9.11. The molecule has 0 amide bonds. The Morgan fingerprint density at radius 2 is 1.00 bits per heavy atom. The number of aromatic nitrogens is 2. The van der Waals surface area contributed by atoms with Crippen molar-refractivity contribution in [2.75, 3.05) is 0 Å². The van der Waals surface area contributed by atoms with E-state index in [2.05, 4.69) is 116 Å². The van der Waals surface area contributed by atoms with Gasteiger partial charge in [-0.15, -0.1) is 0 Å². The van der Waals surface area contributed by atoms with Gasteiger partial charge in [0.05, 0.1) is 16.7 Å². The SMILES string of the molecule is Cc1cc(-c2cc(Br)c3cc(Cl)ccc3n2)c2oc3ccccc3c2c1.Cc1cc(C)c2oc3ccccc3c2c1.Clc1ccc2nc(Br)cc(Br)c2c1. The summed E-state index contributed by atoms with van der Waals surface area (Å²) < 4.78 is 14.8. The van der Waals surface area contributed by atoms with Crippen molar-refractivity contribution in [3.63, 3.8) is 0 Å². The highest BCUT2D eigenvalue weighted by atomic mass is 79.9. The molecule has 0 spiro atoms. The van der Waals surface area contributed by atoms with E-state index in [1.54, 1.807) is 0 Å². The second-order valence-corrected chi connectivity index (χ2v) is 16.5. The summed E-state index contributed by atoms with van der Waals surface area (Å²) in [6.07, 6.45) is 0. The van der Waals surface area contributed by atoms with Crippen LogP contribution in [-0.4, -0.2) is 9.97 Å². The average molecular weight is 940 g/mol. The van der Waals surface area contributed by atoms with Crippen LogP contribution in [0, 0.1) is 20.8 Å². The quantitative estimate of drug-likeness (QED) is 0.154. The van der Waals surface area contributed by atoms with Crippen molar-refractivity contribution in [2.24, 2.45) is 0 Å². The number of aryl methyl sites for hydroxylation is 3. The number of benzene rings is 6. The molecule has 0 saturated heterocycles. The Balaban J connectivity index is 0.000000125. The molecule has 4 nitrogen and oxygen atoms in total. The first kappa shape index (κ1) is 36.7. The summed E-state index contributed by atoms with van der Waals surface area (Å²) in [6.45, 7) is 6.31. The van der Waals surface area contributed by atoms with Crippen LogP contribution < -0.4 is 0 Å². The smallest absolute Gasteiger partial charge is 0.144 e. The molecule has 0 aliphatic carbocycles. The molecule has 266 valence electrons. The predicted molar refractivity (Wildman–Crippen MR) is 237 cm³/mol. The van der Waals surface area contributed by atoms with Crippen molar-refractivity contribution in [3.05, 3.63) is 162 Å². The molecular weight excluding hydrogens is 911 g/mol. The fourth-order valence-electron chi connectivity index (χ4n) is 6.76. The third-order valence-electron chi connectivity index (χ3n) is 9.12. The van der Waals surface area contributed by atoms with Gasteiger partial charge >= 0.3 is 0 Å². The molecule has 0 saturated carbocycles. The number of para-hydroxylation sites is 2. The van der Waals surface area contributed by atoms with Gasteiger partial charge in [-0.2, -0.15) is 0 Å². The number of pyridine rings is 2. The lowest BCUT2D eigenvalue weighted by atomic mass is 10.0. The molecule has 10 rings (SSSR count). The van der Waals surface area contributed by atoms with Crippen molar-refractivity contribution >= 4 is 137 Å². The molecule has 0 N–H and O–H groups in total. The Labute approximate surface area is 346 Å². The van der Waals surface area contributed by atoms with Gasteiger partial charge in [-0.25, -0.2) is 9.97 Å². The van der Waals surface area contributed by atoms with E-state index in [0.29, 0.717) is 5.02 Å². The lowest BCUT2D eigenvalue weighted by Crippen LogP contribution is -1.89. The van der Waals surface area contributed by atoms with E-state index in [4.69, 9.17) is 37.0 Å². The Morgan fingerprint density at radius 3 is 1.63 bits per heavy atom. The van der Waals surface area contributed by atoms with Gasteiger partial charge in [-0.05, 0) is 148 Å². The van der Waals surface area contributed by atoms with Crippen LogP contribution in [0.3, 0.4) is 0 Å². The maximum atomic E-state index is 6.19. The minimum absolute atomic E-state index is 0.697. The number of fused-ring (bicyclic) bond motifs is 8. The van der Waals surface area contributed by atoms with Crippen LogP contribution in [0.15, 0.2) is 144 Å². The standard InChI is InChI=1S/C22H13BrClNO.C14H12O.C9H4Br2ClN/c1-12-8-15-14-4-2-3-5-21(14)26-22(15)17(9-12)20-11-18(23)16-10-13(24)6-7-19(16)25-20;1-9-7-10(2)14-12(8-9)11-5-3-4-6-13(11)15-14;10-7-4-9(11)13-8-2-1-5(12)3-6(7)8/h2-11H,1H3;3-8H,1-2H3;1-4H. The molecule has 0 fully saturated rings. The van der Waals surface area contributed by atoms with Crippen LogP contribution in [0.2, 0.25) is 10.0 Å². The normalized spacial score (nSPS) is 11.3. The number of hydrogen-bond acceptors (Lipinski definition) is 4. The predicted octanol–water partition coefficient (Wildman–Crippen LogP) is 16.1. The molecule has 0 atom stereocenters. The van der Waals surface area contributed by atoms with Crippen molar-refractivity contribution in [3.8, 4) is 11.3 Å². The molecule has 0 radical (unpaired) electrons. The summed E-state index contributed by atoms with van der Waals surface area (Å²) in [4.78, 5) is 9.17. The molecule has 0 bridgehead atoms. The van der Waals surface area contributed by atoms with Gasteiger partial charge in [0.25, 0.3) is 0 Å². The molecule has 9 heteroatoms. The molecule has 4 aromatic heterocycles. The third-order valence-corrected chi connectivity index (χ3v) is 11.3. The molecule has 6 aromatic carbocycles. The van der Waals surface area contributed by atoms with Crippen LogP contribution in [-0.2, 0) is 0 Å². The van der Waals surface area contributed by atoms with Crippen LogP contribution in [0.1, 0.15) is 16.7 Å². The zero-order valence-electron chi connectivity index (χ0n) is 29.1. The van der Waals surface area contributed by atoms with Crippen molar-refractivity contribution in [1.82, 2.24) is 9.97 Å². The summed E-state index contributed by atoms with van der Waals surface area (Å²) in [5, 5.41) is 8.11. The van der Waals surface area contributed by atoms with Gasteiger partial charge in [-0.1, -0.05) is 81.6 Å². The van der Waals surface area contributed by atoms with E-state index in [0.717, 1.165) is 84.7 Å². The Hall–Kier alpha value is -4.24. The molecule has 10 aromatic rings. The van der Waals surface area contributed by atoms with Gasteiger partial charge in [0.15, 0.2) is 0 Å². The highest BCUT2D eigenvalue weighted by Crippen LogP contribution is 2.38. The van der Waals surface area contributed by atoms with E-state index in [-0.39, 0.29) is 0 Å². The minimum Gasteiger partial charge on any atom is -0.456 e. The average Bonchev–Trinajstić information content (AvgIpc) is 3.71. The summed E-state index contributed by atoms with van der Waals surface area (Å²) >= 11 is 22.4. The first-order chi connectivity index (χ1) is 26.0. The zero-order valence-corrected chi connectivity index (χ0v) is 35.4. The second kappa shape index (κ2) is 15.1. The van der Waals surface area contributed by atoms with Crippen molar-refractivity contribution < 1.29 is 8.83 Å². The highest BCUT2D eigenvalue weighted by Gasteiger charge is 2.16. The van der Waals surface area contributed by atoms with E-state index in [1.807, 2.05) is 78.9 Å². The van der Waals surface area contributed by atoms with Gasteiger partial charge < -0.3 is 8.83 Å². The van der Waals surface area contributed by atoms with Gasteiger partial charge in [0.1, 0.15) is 26.9 Å². The topological polar surface area (TPSA) is 52.1 Å². The molecule has 54 heavy (non-hydrogen) atoms. The second-order valence-electron chi connectivity index (χ2n) is 13.1. The van der Waals surface area contributed by atoms with Crippen LogP contribution in [0.5, 0.6) is 0 Å². The third kappa shape index (κ3) is 7.28. The number of halogens is 5. The monoisotopic (exact) mass is 936 g/mol. The summed E-state index contributed by atoms with van der Waals surface area (Å²) in [5.74, 6) is 0. The molecule has 4 heterocycles. The minimum atomic E-state index is 0.697. The van der Waals surface area contributed by atoms with E-state index >= 15 is 0 Å². The molecule has 0 aliphatic rings. The first-order valence-electron chi connectivity index (χ1n) is 17.0. The lowest BCUT2D eigenvalue weighted by molar-refractivity contribution is 0.665. The number of nitrogens with zero attached hydrogens (tertiary/aromatic N) is 2.